The third kappa shape index (κ3) is 2.23. The molecule has 8 saturated carbocycles. The Hall–Kier alpha value is -1.22. The zero-order chi connectivity index (χ0) is 19.4. The monoisotopic (exact) mass is 384 g/mol. The normalized spacial score (nSPS) is 51.4. The van der Waals surface area contributed by atoms with Crippen LogP contribution < -0.4 is 0 Å². The van der Waals surface area contributed by atoms with Crippen molar-refractivity contribution in [2.24, 2.45) is 46.3 Å². The molecule has 1 aromatic carbocycles. The van der Waals surface area contributed by atoms with E-state index in [0.29, 0.717) is 10.8 Å². The predicted octanol–water partition coefficient (Wildman–Crippen LogP) is 7.10. The summed E-state index contributed by atoms with van der Waals surface area (Å²) in [7, 11) is 0. The van der Waals surface area contributed by atoms with Crippen molar-refractivity contribution in [3.05, 3.63) is 34.9 Å². The molecule has 1 aromatic rings. The summed E-state index contributed by atoms with van der Waals surface area (Å²) in [5.41, 5.74) is 5.36. The molecule has 0 spiro atoms. The molecule has 9 rings (SSSR count). The highest BCUT2D eigenvalue weighted by Crippen LogP contribution is 2.78. The molecule has 0 aromatic heterocycles. The van der Waals surface area contributed by atoms with Crippen LogP contribution in [-0.4, -0.2) is 0 Å². The van der Waals surface area contributed by atoms with Gasteiger partial charge in [-0.1, -0.05) is 18.1 Å². The molecule has 0 heteroatoms. The number of hydrogen-bond acceptors (Lipinski definition) is 0. The summed E-state index contributed by atoms with van der Waals surface area (Å²) in [6, 6.07) is 7.14. The Morgan fingerprint density at radius 1 is 0.793 bits per heavy atom. The van der Waals surface area contributed by atoms with Gasteiger partial charge in [-0.3, -0.25) is 0 Å². The van der Waals surface area contributed by atoms with Gasteiger partial charge in [0.1, 0.15) is 0 Å². The van der Waals surface area contributed by atoms with E-state index in [2.05, 4.69) is 31.0 Å². The van der Waals surface area contributed by atoms with Crippen LogP contribution in [0.4, 0.5) is 0 Å². The summed E-state index contributed by atoms with van der Waals surface area (Å²) in [6.45, 7) is 2.20. The minimum Gasteiger partial charge on any atom is -0.115 e. The first-order valence-electron chi connectivity index (χ1n) is 12.6. The summed E-state index contributed by atoms with van der Waals surface area (Å²) >= 11 is 0. The molecular formula is C29H36. The van der Waals surface area contributed by atoms with Crippen LogP contribution in [0.5, 0.6) is 0 Å². The summed E-state index contributed by atoms with van der Waals surface area (Å²) in [4.78, 5) is 0. The molecule has 0 N–H and O–H groups in total. The minimum absolute atomic E-state index is 0.568. The standard InChI is InChI=1S/C29H36/c1-3-24-6-18(2)4-5-26(24)27-25-11-22-10-23(12-25)17-29(27,16-22)28-13-19-7-20(14-28)9-21(8-19)15-28/h1,4-6,19-23,25,27H,7-17H2,2H3. The first kappa shape index (κ1) is 17.5. The number of terminal acetylenes is 1. The Morgan fingerprint density at radius 2 is 1.34 bits per heavy atom. The molecule has 8 fully saturated rings. The van der Waals surface area contributed by atoms with Gasteiger partial charge in [0.05, 0.1) is 0 Å². The second kappa shape index (κ2) is 5.72. The maximum atomic E-state index is 6.11. The Bertz CT molecular complexity index is 848. The molecule has 0 radical (unpaired) electrons. The topological polar surface area (TPSA) is 0 Å². The molecule has 8 aliphatic carbocycles. The van der Waals surface area contributed by atoms with Crippen LogP contribution in [0.25, 0.3) is 0 Å². The van der Waals surface area contributed by atoms with Gasteiger partial charge in [0.25, 0.3) is 0 Å². The highest BCUT2D eigenvalue weighted by molar-refractivity contribution is 5.46. The second-order valence-electron chi connectivity index (χ2n) is 12.7. The lowest BCUT2D eigenvalue weighted by atomic mass is 9.32. The van der Waals surface area contributed by atoms with Crippen LogP contribution in [0.2, 0.25) is 0 Å². The van der Waals surface area contributed by atoms with E-state index in [1.165, 1.54) is 36.8 Å². The number of aryl methyl sites for hydroxylation is 1. The Balaban J connectivity index is 1.41. The van der Waals surface area contributed by atoms with Crippen LogP contribution >= 0.6 is 0 Å². The molecule has 0 amide bonds. The van der Waals surface area contributed by atoms with Crippen molar-refractivity contribution in [1.82, 2.24) is 0 Å². The average molecular weight is 385 g/mol. The molecule has 8 bridgehead atoms. The van der Waals surface area contributed by atoms with Crippen molar-refractivity contribution in [1.29, 1.82) is 0 Å². The molecule has 3 unspecified atom stereocenters. The van der Waals surface area contributed by atoms with E-state index < -0.39 is 0 Å². The predicted molar refractivity (Wildman–Crippen MR) is 118 cm³/mol. The van der Waals surface area contributed by atoms with Gasteiger partial charge in [-0.05, 0) is 147 Å². The summed E-state index contributed by atoms with van der Waals surface area (Å²) in [6.07, 6.45) is 23.1. The van der Waals surface area contributed by atoms with Crippen molar-refractivity contribution in [3.8, 4) is 12.3 Å². The highest BCUT2D eigenvalue weighted by atomic mass is 14.7. The molecule has 0 heterocycles. The van der Waals surface area contributed by atoms with Crippen LogP contribution in [0.1, 0.15) is 93.2 Å². The highest BCUT2D eigenvalue weighted by Gasteiger charge is 2.68. The molecule has 152 valence electrons. The smallest absolute Gasteiger partial charge is 0.0280 e. The van der Waals surface area contributed by atoms with Gasteiger partial charge in [0, 0.05) is 5.56 Å². The minimum atomic E-state index is 0.568. The molecular weight excluding hydrogens is 348 g/mol. The summed E-state index contributed by atoms with van der Waals surface area (Å²) in [5.74, 6) is 10.0. The fourth-order valence-electron chi connectivity index (χ4n) is 11.1. The zero-order valence-corrected chi connectivity index (χ0v) is 18.1. The van der Waals surface area contributed by atoms with Crippen molar-refractivity contribution in [2.45, 2.75) is 83.5 Å². The molecule has 29 heavy (non-hydrogen) atoms. The summed E-state index contributed by atoms with van der Waals surface area (Å²) < 4.78 is 0. The molecule has 0 nitrogen and oxygen atoms in total. The van der Waals surface area contributed by atoms with Crippen LogP contribution in [0, 0.1) is 65.6 Å². The van der Waals surface area contributed by atoms with Crippen LogP contribution in [-0.2, 0) is 0 Å². The number of benzene rings is 1. The van der Waals surface area contributed by atoms with E-state index in [4.69, 9.17) is 6.42 Å². The van der Waals surface area contributed by atoms with Crippen molar-refractivity contribution in [3.63, 3.8) is 0 Å². The van der Waals surface area contributed by atoms with E-state index in [1.807, 2.05) is 0 Å². The van der Waals surface area contributed by atoms with Gasteiger partial charge in [-0.15, -0.1) is 6.42 Å². The second-order valence-corrected chi connectivity index (χ2v) is 12.7. The lowest BCUT2D eigenvalue weighted by Gasteiger charge is -2.73. The number of rotatable bonds is 2. The molecule has 0 aliphatic heterocycles. The molecule has 3 atom stereocenters. The van der Waals surface area contributed by atoms with E-state index in [-0.39, 0.29) is 0 Å². The third-order valence-corrected chi connectivity index (χ3v) is 11.1. The van der Waals surface area contributed by atoms with Crippen LogP contribution in [0.3, 0.4) is 0 Å². The maximum Gasteiger partial charge on any atom is 0.0280 e. The zero-order valence-electron chi connectivity index (χ0n) is 18.1. The van der Waals surface area contributed by atoms with Gasteiger partial charge >= 0.3 is 0 Å². The maximum absolute atomic E-state index is 6.11. The number of hydrogen-bond donors (Lipinski definition) is 0. The van der Waals surface area contributed by atoms with Crippen molar-refractivity contribution >= 4 is 0 Å². The van der Waals surface area contributed by atoms with E-state index in [0.717, 1.165) is 41.4 Å². The summed E-state index contributed by atoms with van der Waals surface area (Å²) in [5, 5.41) is 0. The van der Waals surface area contributed by atoms with Crippen molar-refractivity contribution in [2.75, 3.05) is 0 Å². The van der Waals surface area contributed by atoms with Gasteiger partial charge in [-0.2, -0.15) is 0 Å². The Morgan fingerprint density at radius 3 is 1.90 bits per heavy atom. The van der Waals surface area contributed by atoms with Crippen molar-refractivity contribution < 1.29 is 0 Å². The molecule has 8 aliphatic rings. The van der Waals surface area contributed by atoms with Gasteiger partial charge in [0.2, 0.25) is 0 Å². The molecule has 0 saturated heterocycles. The first-order chi connectivity index (χ1) is 14.1. The van der Waals surface area contributed by atoms with E-state index in [9.17, 15) is 0 Å². The third-order valence-electron chi connectivity index (χ3n) is 11.1. The Labute approximate surface area is 177 Å². The SMILES string of the molecule is C#Cc1cc(C)ccc1C1C2CC3CC(C2)CC1(C12CC4CC(CC(C4)C1)C2)C3. The van der Waals surface area contributed by atoms with Gasteiger partial charge < -0.3 is 0 Å². The lowest BCUT2D eigenvalue weighted by Crippen LogP contribution is -2.63. The fourth-order valence-corrected chi connectivity index (χ4v) is 11.1. The van der Waals surface area contributed by atoms with Gasteiger partial charge in [-0.25, -0.2) is 0 Å². The van der Waals surface area contributed by atoms with E-state index >= 15 is 0 Å². The quantitative estimate of drug-likeness (QED) is 0.477. The lowest BCUT2D eigenvalue weighted by molar-refractivity contribution is -0.211. The largest absolute Gasteiger partial charge is 0.115 e. The average Bonchev–Trinajstić information content (AvgIpc) is 2.67. The van der Waals surface area contributed by atoms with E-state index in [1.54, 1.807) is 50.5 Å². The Kier molecular flexibility index (Phi) is 3.44. The first-order valence-corrected chi connectivity index (χ1v) is 12.6. The fraction of sp³-hybridized carbons (Fsp3) is 0.724. The van der Waals surface area contributed by atoms with Gasteiger partial charge in [0.15, 0.2) is 0 Å². The van der Waals surface area contributed by atoms with Crippen LogP contribution in [0.15, 0.2) is 18.2 Å².